The van der Waals surface area contributed by atoms with Crippen molar-refractivity contribution >= 4 is 11.9 Å². The summed E-state index contributed by atoms with van der Waals surface area (Å²) in [5.74, 6) is -0.240. The molecule has 148 valence electrons. The highest BCUT2D eigenvalue weighted by molar-refractivity contribution is 5.91. The van der Waals surface area contributed by atoms with Crippen molar-refractivity contribution in [2.24, 2.45) is 0 Å². The minimum atomic E-state index is -0.583. The van der Waals surface area contributed by atoms with Gasteiger partial charge in [-0.15, -0.1) is 0 Å². The molecule has 0 saturated heterocycles. The Morgan fingerprint density at radius 2 is 1.43 bits per heavy atom. The predicted octanol–water partition coefficient (Wildman–Crippen LogP) is 4.51. The number of carbonyl (C=O) groups excluding carboxylic acids is 2. The summed E-state index contributed by atoms with van der Waals surface area (Å²) in [7, 11) is 0. The Labute approximate surface area is 173 Å². The third-order valence-corrected chi connectivity index (χ3v) is 4.10. The van der Waals surface area contributed by atoms with Crippen molar-refractivity contribution in [3.8, 4) is 28.7 Å². The van der Waals surface area contributed by atoms with Crippen LogP contribution in [0.5, 0.6) is 11.5 Å². The summed E-state index contributed by atoms with van der Waals surface area (Å²) in [6.07, 6.45) is 1.04. The van der Waals surface area contributed by atoms with Crippen LogP contribution in [0, 0.1) is 11.3 Å². The molecule has 0 fully saturated rings. The molecule has 0 aliphatic rings. The van der Waals surface area contributed by atoms with Gasteiger partial charge < -0.3 is 14.2 Å². The van der Waals surface area contributed by atoms with Crippen molar-refractivity contribution in [2.75, 3.05) is 6.79 Å². The summed E-state index contributed by atoms with van der Waals surface area (Å²) in [5, 5.41) is 8.87. The summed E-state index contributed by atoms with van der Waals surface area (Å²) in [5.41, 5.74) is 2.85. The molecule has 6 heteroatoms. The number of carbonyl (C=O) groups is 2. The van der Waals surface area contributed by atoms with Crippen LogP contribution in [0.25, 0.3) is 11.1 Å². The molecule has 3 rings (SSSR count). The van der Waals surface area contributed by atoms with Crippen LogP contribution in [0.2, 0.25) is 0 Å². The zero-order valence-electron chi connectivity index (χ0n) is 15.9. The number of nitriles is 1. The van der Waals surface area contributed by atoms with Gasteiger partial charge in [0.1, 0.15) is 11.5 Å². The number of rotatable bonds is 7. The lowest BCUT2D eigenvalue weighted by Gasteiger charge is -2.08. The summed E-state index contributed by atoms with van der Waals surface area (Å²) in [6, 6.07) is 22.7. The number of ether oxygens (including phenoxy) is 3. The van der Waals surface area contributed by atoms with Gasteiger partial charge in [0.15, 0.2) is 0 Å². The molecule has 0 spiro atoms. The highest BCUT2D eigenvalue weighted by atomic mass is 16.7. The Morgan fingerprint density at radius 3 is 2.00 bits per heavy atom. The van der Waals surface area contributed by atoms with Crippen molar-refractivity contribution < 1.29 is 23.8 Å². The first-order valence-electron chi connectivity index (χ1n) is 8.94. The molecule has 0 atom stereocenters. The van der Waals surface area contributed by atoms with Gasteiger partial charge in [-0.2, -0.15) is 5.26 Å². The summed E-state index contributed by atoms with van der Waals surface area (Å²) in [6.45, 7) is 3.04. The van der Waals surface area contributed by atoms with Crippen LogP contribution in [0.4, 0.5) is 0 Å². The SMILES string of the molecule is C=CC(=O)OCOc1ccc(C(=O)Oc2ccc(-c3ccc(C#N)cc3)cc2)cc1. The van der Waals surface area contributed by atoms with Gasteiger partial charge in [0.25, 0.3) is 0 Å². The molecule has 0 bridgehead atoms. The fraction of sp³-hybridized carbons (Fsp3) is 0.0417. The average molecular weight is 399 g/mol. The van der Waals surface area contributed by atoms with E-state index in [2.05, 4.69) is 12.6 Å². The zero-order chi connectivity index (χ0) is 21.3. The Morgan fingerprint density at radius 1 is 0.867 bits per heavy atom. The smallest absolute Gasteiger partial charge is 0.343 e. The Hall–Kier alpha value is -4.37. The quantitative estimate of drug-likeness (QED) is 0.251. The van der Waals surface area contributed by atoms with Gasteiger partial charge in [-0.25, -0.2) is 9.59 Å². The van der Waals surface area contributed by atoms with Gasteiger partial charge in [0, 0.05) is 6.08 Å². The normalized spacial score (nSPS) is 9.83. The molecule has 0 aliphatic heterocycles. The minimum absolute atomic E-state index is 0.250. The average Bonchev–Trinajstić information content (AvgIpc) is 2.80. The summed E-state index contributed by atoms with van der Waals surface area (Å²) in [4.78, 5) is 23.3. The molecule has 0 aromatic heterocycles. The lowest BCUT2D eigenvalue weighted by atomic mass is 10.0. The largest absolute Gasteiger partial charge is 0.457 e. The number of hydrogen-bond acceptors (Lipinski definition) is 6. The van der Waals surface area contributed by atoms with E-state index in [1.165, 1.54) is 0 Å². The number of benzene rings is 3. The molecule has 0 amide bonds. The highest BCUT2D eigenvalue weighted by Crippen LogP contribution is 2.23. The van der Waals surface area contributed by atoms with Crippen LogP contribution in [0.15, 0.2) is 85.5 Å². The van der Waals surface area contributed by atoms with Crippen molar-refractivity contribution in [1.82, 2.24) is 0 Å². The van der Waals surface area contributed by atoms with E-state index in [-0.39, 0.29) is 6.79 Å². The third kappa shape index (κ3) is 5.33. The number of esters is 2. The van der Waals surface area contributed by atoms with Crippen LogP contribution < -0.4 is 9.47 Å². The molecule has 0 saturated carbocycles. The Balaban J connectivity index is 1.58. The fourth-order valence-electron chi connectivity index (χ4n) is 2.52. The summed E-state index contributed by atoms with van der Waals surface area (Å²) < 4.78 is 15.4. The standard InChI is InChI=1S/C24H17NO5/c1-2-23(26)29-16-28-21-11-9-20(10-12-21)24(27)30-22-13-7-19(8-14-22)18-5-3-17(15-25)4-6-18/h2-14H,1,16H2. The monoisotopic (exact) mass is 399 g/mol. The highest BCUT2D eigenvalue weighted by Gasteiger charge is 2.09. The van der Waals surface area contributed by atoms with Crippen LogP contribution in [-0.2, 0) is 9.53 Å². The molecule has 0 aliphatic carbocycles. The Bertz CT molecular complexity index is 1080. The van der Waals surface area contributed by atoms with E-state index in [9.17, 15) is 9.59 Å². The second-order valence-electron chi connectivity index (χ2n) is 6.06. The maximum Gasteiger partial charge on any atom is 0.343 e. The molecular weight excluding hydrogens is 382 g/mol. The third-order valence-electron chi connectivity index (χ3n) is 4.10. The number of hydrogen-bond donors (Lipinski definition) is 0. The molecule has 30 heavy (non-hydrogen) atoms. The van der Waals surface area contributed by atoms with Gasteiger partial charge in [-0.3, -0.25) is 0 Å². The molecule has 0 radical (unpaired) electrons. The van der Waals surface area contributed by atoms with E-state index in [0.29, 0.717) is 22.6 Å². The summed E-state index contributed by atoms with van der Waals surface area (Å²) >= 11 is 0. The van der Waals surface area contributed by atoms with Crippen LogP contribution in [0.3, 0.4) is 0 Å². The van der Waals surface area contributed by atoms with Crippen LogP contribution in [0.1, 0.15) is 15.9 Å². The van der Waals surface area contributed by atoms with Crippen molar-refractivity contribution in [3.63, 3.8) is 0 Å². The second kappa shape index (κ2) is 9.71. The molecular formula is C24H17NO5. The van der Waals surface area contributed by atoms with Gasteiger partial charge in [-0.05, 0) is 59.7 Å². The second-order valence-corrected chi connectivity index (χ2v) is 6.06. The van der Waals surface area contributed by atoms with E-state index in [4.69, 9.17) is 19.5 Å². The van der Waals surface area contributed by atoms with Gasteiger partial charge in [-0.1, -0.05) is 30.8 Å². The van der Waals surface area contributed by atoms with Crippen molar-refractivity contribution in [3.05, 3.63) is 96.6 Å². The van der Waals surface area contributed by atoms with E-state index in [0.717, 1.165) is 17.2 Å². The van der Waals surface area contributed by atoms with Crippen molar-refractivity contribution in [2.45, 2.75) is 0 Å². The topological polar surface area (TPSA) is 85.6 Å². The number of nitrogens with zero attached hydrogens (tertiary/aromatic N) is 1. The molecule has 0 heterocycles. The van der Waals surface area contributed by atoms with E-state index in [1.54, 1.807) is 48.5 Å². The first kappa shape index (κ1) is 20.4. The van der Waals surface area contributed by atoms with Crippen LogP contribution >= 0.6 is 0 Å². The Kier molecular flexibility index (Phi) is 6.59. The van der Waals surface area contributed by atoms with E-state index in [1.807, 2.05) is 24.3 Å². The van der Waals surface area contributed by atoms with Gasteiger partial charge >= 0.3 is 11.9 Å². The van der Waals surface area contributed by atoms with Crippen LogP contribution in [-0.4, -0.2) is 18.7 Å². The first-order valence-corrected chi connectivity index (χ1v) is 8.94. The van der Waals surface area contributed by atoms with Crippen molar-refractivity contribution in [1.29, 1.82) is 5.26 Å². The maximum absolute atomic E-state index is 12.3. The van der Waals surface area contributed by atoms with E-state index >= 15 is 0 Å². The maximum atomic E-state index is 12.3. The first-order chi connectivity index (χ1) is 14.6. The van der Waals surface area contributed by atoms with Gasteiger partial charge in [0.2, 0.25) is 6.79 Å². The molecule has 0 unspecified atom stereocenters. The molecule has 0 N–H and O–H groups in total. The predicted molar refractivity (Wildman–Crippen MR) is 110 cm³/mol. The fourth-order valence-corrected chi connectivity index (χ4v) is 2.52. The molecule has 3 aromatic rings. The molecule has 6 nitrogen and oxygen atoms in total. The molecule has 3 aromatic carbocycles. The lowest BCUT2D eigenvalue weighted by molar-refractivity contribution is -0.144. The van der Waals surface area contributed by atoms with Gasteiger partial charge in [0.05, 0.1) is 17.2 Å². The lowest BCUT2D eigenvalue weighted by Crippen LogP contribution is -2.09. The van der Waals surface area contributed by atoms with E-state index < -0.39 is 11.9 Å². The minimum Gasteiger partial charge on any atom is -0.457 e. The zero-order valence-corrected chi connectivity index (χ0v) is 15.9.